The van der Waals surface area contributed by atoms with Gasteiger partial charge in [0.05, 0.1) is 32.7 Å². The maximum absolute atomic E-state index is 13.3. The number of amides is 1. The molecule has 0 unspecified atom stereocenters. The average Bonchev–Trinajstić information content (AvgIpc) is 3.48. The molecule has 2 heterocycles. The van der Waals surface area contributed by atoms with Crippen molar-refractivity contribution in [2.75, 3.05) is 26.6 Å². The molecule has 6 nitrogen and oxygen atoms in total. The molecule has 0 fully saturated rings. The summed E-state index contributed by atoms with van der Waals surface area (Å²) < 4.78 is 17.9. The Bertz CT molecular complexity index is 1180. The van der Waals surface area contributed by atoms with Crippen molar-refractivity contribution in [1.82, 2.24) is 4.57 Å². The number of carbonyl (C=O) groups excluding carboxylic acids is 1. The van der Waals surface area contributed by atoms with E-state index in [1.165, 1.54) is 11.3 Å². The quantitative estimate of drug-likeness (QED) is 0.418. The lowest BCUT2D eigenvalue weighted by Crippen LogP contribution is -2.13. The molecule has 158 valence electrons. The van der Waals surface area contributed by atoms with Crippen LogP contribution in [0.15, 0.2) is 72.4 Å². The number of nitrogens with zero attached hydrogens (tertiary/aromatic N) is 1. The van der Waals surface area contributed by atoms with E-state index in [1.807, 2.05) is 58.7 Å². The van der Waals surface area contributed by atoms with Crippen LogP contribution in [0.4, 0.5) is 5.69 Å². The smallest absolute Gasteiger partial charge is 0.268 e. The number of hydrogen-bond donors (Lipinski definition) is 1. The highest BCUT2D eigenvalue weighted by molar-refractivity contribution is 7.13. The Morgan fingerprint density at radius 1 is 0.903 bits per heavy atom. The number of anilines is 1. The van der Waals surface area contributed by atoms with Gasteiger partial charge in [0.25, 0.3) is 5.91 Å². The predicted octanol–water partition coefficient (Wildman–Crippen LogP) is 5.48. The molecule has 1 N–H and O–H groups in total. The zero-order chi connectivity index (χ0) is 21.8. The van der Waals surface area contributed by atoms with Crippen molar-refractivity contribution in [2.45, 2.75) is 0 Å². The zero-order valence-electron chi connectivity index (χ0n) is 17.4. The van der Waals surface area contributed by atoms with Crippen LogP contribution in [0.5, 0.6) is 17.2 Å². The summed E-state index contributed by atoms with van der Waals surface area (Å²) in [6, 6.07) is 16.9. The molecule has 2 aromatic carbocycles. The molecule has 0 aliphatic rings. The van der Waals surface area contributed by atoms with Crippen LogP contribution in [0, 0.1) is 0 Å². The van der Waals surface area contributed by atoms with Gasteiger partial charge in [-0.25, -0.2) is 0 Å². The van der Waals surface area contributed by atoms with Gasteiger partial charge in [0.2, 0.25) is 0 Å². The van der Waals surface area contributed by atoms with Crippen LogP contribution >= 0.6 is 11.3 Å². The van der Waals surface area contributed by atoms with Gasteiger partial charge in [0.15, 0.2) is 0 Å². The van der Waals surface area contributed by atoms with E-state index in [-0.39, 0.29) is 5.91 Å². The first-order valence-corrected chi connectivity index (χ1v) is 10.4. The number of benzene rings is 2. The minimum absolute atomic E-state index is 0.222. The Morgan fingerprint density at radius 3 is 2.23 bits per heavy atom. The number of thiophene rings is 1. The van der Waals surface area contributed by atoms with Crippen LogP contribution in [0.2, 0.25) is 0 Å². The second-order valence-corrected chi connectivity index (χ2v) is 7.55. The molecule has 0 spiro atoms. The summed E-state index contributed by atoms with van der Waals surface area (Å²) in [6.07, 6.45) is 3.86. The molecule has 0 bridgehead atoms. The highest BCUT2D eigenvalue weighted by atomic mass is 32.1. The number of ether oxygens (including phenoxy) is 3. The Hall–Kier alpha value is -3.71. The normalized spacial score (nSPS) is 10.5. The third-order valence-corrected chi connectivity index (χ3v) is 5.86. The minimum atomic E-state index is -0.222. The second kappa shape index (κ2) is 8.97. The number of aromatic nitrogens is 1. The standard InChI is InChI=1S/C24H22N2O4S/c1-28-17-8-6-16(7-9-17)19-15-31-23(22(19)26-12-4-5-13-26)24(27)25-20-14-18(29-2)10-11-21(20)30-3/h4-15H,1-3H3,(H,25,27). The largest absolute Gasteiger partial charge is 0.497 e. The summed E-state index contributed by atoms with van der Waals surface area (Å²) >= 11 is 1.39. The molecule has 0 atom stereocenters. The molecule has 0 aliphatic heterocycles. The molecule has 0 radical (unpaired) electrons. The Kier molecular flexibility index (Phi) is 5.95. The fraction of sp³-hybridized carbons (Fsp3) is 0.125. The first kappa shape index (κ1) is 20.6. The van der Waals surface area contributed by atoms with E-state index < -0.39 is 0 Å². The lowest BCUT2D eigenvalue weighted by Gasteiger charge is -2.13. The SMILES string of the molecule is COc1ccc(-c2csc(C(=O)Nc3cc(OC)ccc3OC)c2-n2cccc2)cc1. The summed E-state index contributed by atoms with van der Waals surface area (Å²) in [5, 5.41) is 4.97. The topological polar surface area (TPSA) is 61.7 Å². The molecule has 0 saturated heterocycles. The van der Waals surface area contributed by atoms with Crippen LogP contribution in [-0.4, -0.2) is 31.8 Å². The molecule has 4 rings (SSSR count). The van der Waals surface area contributed by atoms with Crippen LogP contribution < -0.4 is 19.5 Å². The fourth-order valence-corrected chi connectivity index (χ4v) is 4.29. The van der Waals surface area contributed by atoms with Crippen molar-refractivity contribution >= 4 is 22.9 Å². The number of methoxy groups -OCH3 is 3. The van der Waals surface area contributed by atoms with Crippen LogP contribution in [0.25, 0.3) is 16.8 Å². The van der Waals surface area contributed by atoms with Gasteiger partial charge in [-0.15, -0.1) is 11.3 Å². The van der Waals surface area contributed by atoms with Crippen molar-refractivity contribution in [1.29, 1.82) is 0 Å². The van der Waals surface area contributed by atoms with Crippen molar-refractivity contribution in [2.24, 2.45) is 0 Å². The molecule has 31 heavy (non-hydrogen) atoms. The monoisotopic (exact) mass is 434 g/mol. The van der Waals surface area contributed by atoms with E-state index in [2.05, 4.69) is 5.32 Å². The highest BCUT2D eigenvalue weighted by Gasteiger charge is 2.21. The third-order valence-electron chi connectivity index (χ3n) is 4.89. The first-order chi connectivity index (χ1) is 15.1. The summed E-state index contributed by atoms with van der Waals surface area (Å²) in [5.41, 5.74) is 3.33. The Morgan fingerprint density at radius 2 is 1.58 bits per heavy atom. The average molecular weight is 435 g/mol. The number of rotatable bonds is 7. The van der Waals surface area contributed by atoms with Crippen LogP contribution in [0.1, 0.15) is 9.67 Å². The summed E-state index contributed by atoms with van der Waals surface area (Å²) in [7, 11) is 4.79. The van der Waals surface area contributed by atoms with Gasteiger partial charge < -0.3 is 24.1 Å². The first-order valence-electron chi connectivity index (χ1n) is 9.57. The van der Waals surface area contributed by atoms with Gasteiger partial charge in [-0.2, -0.15) is 0 Å². The molecule has 1 amide bonds. The molecular formula is C24H22N2O4S. The van der Waals surface area contributed by atoms with Crippen molar-refractivity contribution < 1.29 is 19.0 Å². The van der Waals surface area contributed by atoms with Gasteiger partial charge >= 0.3 is 0 Å². The molecule has 0 aliphatic carbocycles. The van der Waals surface area contributed by atoms with E-state index in [9.17, 15) is 4.79 Å². The zero-order valence-corrected chi connectivity index (χ0v) is 18.2. The van der Waals surface area contributed by atoms with E-state index in [4.69, 9.17) is 14.2 Å². The van der Waals surface area contributed by atoms with Crippen molar-refractivity contribution in [3.8, 4) is 34.1 Å². The van der Waals surface area contributed by atoms with Gasteiger partial charge in [0.1, 0.15) is 22.1 Å². The third kappa shape index (κ3) is 4.13. The lowest BCUT2D eigenvalue weighted by atomic mass is 10.1. The minimum Gasteiger partial charge on any atom is -0.497 e. The Labute approximate surface area is 184 Å². The number of nitrogens with one attached hydrogen (secondary N) is 1. The predicted molar refractivity (Wildman–Crippen MR) is 123 cm³/mol. The van der Waals surface area contributed by atoms with E-state index >= 15 is 0 Å². The second-order valence-electron chi connectivity index (χ2n) is 6.67. The highest BCUT2D eigenvalue weighted by Crippen LogP contribution is 2.37. The maximum Gasteiger partial charge on any atom is 0.268 e. The summed E-state index contributed by atoms with van der Waals surface area (Å²) in [6.45, 7) is 0. The van der Waals surface area contributed by atoms with Gasteiger partial charge in [0, 0.05) is 29.4 Å². The van der Waals surface area contributed by atoms with Crippen molar-refractivity contribution in [3.63, 3.8) is 0 Å². The van der Waals surface area contributed by atoms with Crippen molar-refractivity contribution in [3.05, 3.63) is 77.2 Å². The van der Waals surface area contributed by atoms with Gasteiger partial charge in [-0.1, -0.05) is 12.1 Å². The molecule has 0 saturated carbocycles. The van der Waals surface area contributed by atoms with Crippen LogP contribution in [-0.2, 0) is 0 Å². The summed E-state index contributed by atoms with van der Waals surface area (Å²) in [4.78, 5) is 13.9. The van der Waals surface area contributed by atoms with Gasteiger partial charge in [-0.3, -0.25) is 4.79 Å². The molecule has 7 heteroatoms. The van der Waals surface area contributed by atoms with Crippen LogP contribution in [0.3, 0.4) is 0 Å². The van der Waals surface area contributed by atoms with E-state index in [0.29, 0.717) is 22.1 Å². The summed E-state index contributed by atoms with van der Waals surface area (Å²) in [5.74, 6) is 1.75. The molecular weight excluding hydrogens is 412 g/mol. The number of carbonyl (C=O) groups is 1. The van der Waals surface area contributed by atoms with Gasteiger partial charge in [-0.05, 0) is 42.0 Å². The molecule has 4 aromatic rings. The fourth-order valence-electron chi connectivity index (χ4n) is 3.32. The Balaban J connectivity index is 1.75. The molecule has 2 aromatic heterocycles. The lowest BCUT2D eigenvalue weighted by molar-refractivity contribution is 0.103. The number of hydrogen-bond acceptors (Lipinski definition) is 5. The maximum atomic E-state index is 13.3. The van der Waals surface area contributed by atoms with E-state index in [1.54, 1.807) is 39.5 Å². The van der Waals surface area contributed by atoms with E-state index in [0.717, 1.165) is 22.6 Å².